The molecule has 23 heteroatoms. The molecule has 0 bridgehead atoms. The van der Waals surface area contributed by atoms with Crippen LogP contribution in [0.4, 0.5) is 28.8 Å². The molecular formula is C65H91ClN10O11S. The fraction of sp³-hybridized carbons (Fsp3) is 0.554. The van der Waals surface area contributed by atoms with Crippen molar-refractivity contribution in [3.8, 4) is 11.5 Å². The lowest BCUT2D eigenvalue weighted by atomic mass is 9.86. The first-order valence-corrected chi connectivity index (χ1v) is 32.7. The Hall–Kier alpha value is -6.05. The molecule has 3 aromatic carbocycles. The third-order valence-corrected chi connectivity index (χ3v) is 18.3. The minimum absolute atomic E-state index is 0.0367. The molecule has 5 aromatic rings. The van der Waals surface area contributed by atoms with Crippen LogP contribution in [0.25, 0.3) is 0 Å². The number of pyridine rings is 1. The summed E-state index contributed by atoms with van der Waals surface area (Å²) in [7, 11) is -1.88. The number of hydrogen-bond acceptors (Lipinski definition) is 19. The Morgan fingerprint density at radius 1 is 0.818 bits per heavy atom. The first-order valence-electron chi connectivity index (χ1n) is 30.8. The average Bonchev–Trinajstić information content (AvgIpc) is 3.66. The zero-order valence-electron chi connectivity index (χ0n) is 52.7. The number of piperazine rings is 1. The van der Waals surface area contributed by atoms with E-state index in [0.717, 1.165) is 72.8 Å². The molecule has 3 aliphatic heterocycles. The number of benzene rings is 3. The molecule has 2 aromatic heterocycles. The Kier molecular flexibility index (Phi) is 25.2. The maximum Gasteiger partial charge on any atom is 0.241 e. The van der Waals surface area contributed by atoms with Crippen LogP contribution in [-0.2, 0) is 54.9 Å². The van der Waals surface area contributed by atoms with E-state index in [9.17, 15) is 18.0 Å². The molecular weight excluding hydrogens is 1160 g/mol. The molecule has 3 aliphatic rings. The number of sulfone groups is 1. The molecule has 0 unspecified atom stereocenters. The van der Waals surface area contributed by atoms with Crippen LogP contribution in [0, 0.1) is 6.92 Å². The third-order valence-electron chi connectivity index (χ3n) is 15.9. The highest BCUT2D eigenvalue weighted by atomic mass is 35.5. The number of halogens is 1. The standard InChI is InChI=1S/C65H91ClN10O11S/c1-44(2)87-58-35-52(46(5)32-55(58)72-64-70-38-53(66)63(73-64)71-54-15-11-13-17-59(54)88(79,80)45(3)4)49-18-21-74(22-19-49)40-60(77)67-20-23-82-24-25-83-26-27-84-28-29-85-30-31-86-57-16-12-10-14-50(57)33-48-34-56-62(69-36-48)65(7,8)43-76(56)61(78)41-75-39-47(6)68-37-51(75)42-81-9/h10-17,32,34-36,38,44-45,47,49,51,68H,18-31,33,37,39-43H2,1-9H3,(H,67,77)(H2,70,71,72,73)/t47-,51-/m1/s1. The smallest absolute Gasteiger partial charge is 0.241 e. The van der Waals surface area contributed by atoms with Gasteiger partial charge in [-0.05, 0) is 132 Å². The number of para-hydroxylation sites is 2. The lowest BCUT2D eigenvalue weighted by Crippen LogP contribution is -2.59. The SMILES string of the molecule is COC[C@H]1CN[C@H](C)CN1CC(=O)N1CC(C)(C)c2ncc(Cc3ccccc3OCCOCCOCCOCCOCCNC(=O)CN3CCC(c4cc(OC(C)C)c(Nc5ncc(Cl)c(Nc6ccccc6S(=O)(=O)C(C)C)n5)cc4C)CC3)cc21. The van der Waals surface area contributed by atoms with Gasteiger partial charge in [0.05, 0.1) is 118 Å². The van der Waals surface area contributed by atoms with Gasteiger partial charge in [-0.15, -0.1) is 0 Å². The maximum atomic E-state index is 14.0. The van der Waals surface area contributed by atoms with Crippen molar-refractivity contribution in [1.82, 2.24) is 35.4 Å². The molecule has 5 heterocycles. The van der Waals surface area contributed by atoms with Gasteiger partial charge in [0.25, 0.3) is 0 Å². The van der Waals surface area contributed by atoms with Gasteiger partial charge < -0.3 is 59.3 Å². The molecule has 8 rings (SSSR count). The van der Waals surface area contributed by atoms with Crippen LogP contribution in [-0.4, -0.2) is 194 Å². The van der Waals surface area contributed by atoms with E-state index in [1.54, 1.807) is 45.2 Å². The number of amides is 2. The molecule has 2 fully saturated rings. The number of anilines is 5. The largest absolute Gasteiger partial charge is 0.491 e. The molecule has 2 amide bonds. The first-order chi connectivity index (χ1) is 42.3. The molecule has 0 saturated carbocycles. The molecule has 480 valence electrons. The van der Waals surface area contributed by atoms with E-state index in [1.165, 1.54) is 11.8 Å². The van der Waals surface area contributed by atoms with Gasteiger partial charge in [0.15, 0.2) is 15.7 Å². The molecule has 2 saturated heterocycles. The van der Waals surface area contributed by atoms with Crippen molar-refractivity contribution < 1.29 is 51.2 Å². The van der Waals surface area contributed by atoms with Crippen molar-refractivity contribution in [2.45, 2.75) is 114 Å². The number of nitrogens with zero attached hydrogens (tertiary/aromatic N) is 6. The summed E-state index contributed by atoms with van der Waals surface area (Å²) in [6, 6.07) is 21.4. The third kappa shape index (κ3) is 19.0. The van der Waals surface area contributed by atoms with Gasteiger partial charge in [0.2, 0.25) is 17.8 Å². The number of fused-ring (bicyclic) bond motifs is 1. The van der Waals surface area contributed by atoms with Crippen molar-refractivity contribution in [2.24, 2.45) is 0 Å². The number of aromatic nitrogens is 3. The van der Waals surface area contributed by atoms with E-state index in [0.29, 0.717) is 122 Å². The van der Waals surface area contributed by atoms with E-state index in [-0.39, 0.29) is 57.0 Å². The van der Waals surface area contributed by atoms with Crippen LogP contribution >= 0.6 is 11.6 Å². The highest BCUT2D eigenvalue weighted by Gasteiger charge is 2.41. The minimum Gasteiger partial charge on any atom is -0.491 e. The number of hydrogen-bond donors (Lipinski definition) is 4. The van der Waals surface area contributed by atoms with Gasteiger partial charge >= 0.3 is 0 Å². The summed E-state index contributed by atoms with van der Waals surface area (Å²) < 4.78 is 67.1. The summed E-state index contributed by atoms with van der Waals surface area (Å²) in [6.07, 6.45) is 5.66. The van der Waals surface area contributed by atoms with E-state index >= 15 is 0 Å². The van der Waals surface area contributed by atoms with Gasteiger partial charge in [-0.2, -0.15) is 4.98 Å². The number of ether oxygens (including phenoxy) is 7. The number of piperidine rings is 1. The Morgan fingerprint density at radius 3 is 2.20 bits per heavy atom. The Morgan fingerprint density at radius 2 is 1.50 bits per heavy atom. The van der Waals surface area contributed by atoms with Crippen LogP contribution in [0.5, 0.6) is 11.5 Å². The lowest BCUT2D eigenvalue weighted by molar-refractivity contribution is -0.123. The van der Waals surface area contributed by atoms with Crippen molar-refractivity contribution in [3.05, 3.63) is 112 Å². The molecule has 4 N–H and O–H groups in total. The Labute approximate surface area is 525 Å². The van der Waals surface area contributed by atoms with Crippen LogP contribution in [0.3, 0.4) is 0 Å². The van der Waals surface area contributed by atoms with Crippen LogP contribution in [0.15, 0.2) is 84.0 Å². The monoisotopic (exact) mass is 1250 g/mol. The van der Waals surface area contributed by atoms with Crippen molar-refractivity contribution in [1.29, 1.82) is 0 Å². The topological polar surface area (TPSA) is 229 Å². The minimum atomic E-state index is -3.59. The zero-order chi connectivity index (χ0) is 62.8. The van der Waals surface area contributed by atoms with E-state index in [4.69, 9.17) is 49.7 Å². The number of rotatable bonds is 33. The van der Waals surface area contributed by atoms with Crippen molar-refractivity contribution in [3.63, 3.8) is 0 Å². The van der Waals surface area contributed by atoms with Crippen molar-refractivity contribution >= 4 is 62.1 Å². The Balaban J connectivity index is 0.664. The lowest BCUT2D eigenvalue weighted by Gasteiger charge is -2.39. The van der Waals surface area contributed by atoms with Gasteiger partial charge in [-0.1, -0.05) is 55.8 Å². The van der Waals surface area contributed by atoms with Gasteiger partial charge in [0.1, 0.15) is 23.1 Å². The number of nitrogens with one attached hydrogen (secondary N) is 4. The predicted octanol–water partition coefficient (Wildman–Crippen LogP) is 8.25. The second-order valence-corrected chi connectivity index (χ2v) is 26.9. The van der Waals surface area contributed by atoms with Crippen molar-refractivity contribution in [2.75, 3.05) is 141 Å². The quantitative estimate of drug-likeness (QED) is 0.0290. The van der Waals surface area contributed by atoms with Crippen LogP contribution in [0.1, 0.15) is 95.2 Å². The predicted molar refractivity (Wildman–Crippen MR) is 343 cm³/mol. The number of methoxy groups -OCH3 is 1. The summed E-state index contributed by atoms with van der Waals surface area (Å²) in [5, 5.41) is 12.5. The van der Waals surface area contributed by atoms with Gasteiger partial charge in [-0.3, -0.25) is 24.4 Å². The summed E-state index contributed by atoms with van der Waals surface area (Å²) in [4.78, 5) is 47.3. The fourth-order valence-electron chi connectivity index (χ4n) is 11.3. The fourth-order valence-corrected chi connectivity index (χ4v) is 12.6. The summed E-state index contributed by atoms with van der Waals surface area (Å²) in [6.45, 7) is 24.8. The highest BCUT2D eigenvalue weighted by Crippen LogP contribution is 2.41. The summed E-state index contributed by atoms with van der Waals surface area (Å²) in [5.41, 5.74) is 6.91. The normalized spacial score (nSPS) is 17.3. The van der Waals surface area contributed by atoms with E-state index in [1.807, 2.05) is 49.2 Å². The van der Waals surface area contributed by atoms with E-state index < -0.39 is 15.1 Å². The van der Waals surface area contributed by atoms with Crippen LogP contribution < -0.4 is 35.6 Å². The second kappa shape index (κ2) is 32.6. The number of carbonyl (C=O) groups excluding carboxylic acids is 2. The molecule has 88 heavy (non-hydrogen) atoms. The van der Waals surface area contributed by atoms with Gasteiger partial charge in [-0.25, -0.2) is 13.4 Å². The average molecular weight is 1260 g/mol. The highest BCUT2D eigenvalue weighted by molar-refractivity contribution is 7.92. The number of likely N-dealkylation sites (tertiary alicyclic amines) is 1. The zero-order valence-corrected chi connectivity index (χ0v) is 54.3. The van der Waals surface area contributed by atoms with E-state index in [2.05, 4.69) is 86.9 Å². The second-order valence-electron chi connectivity index (χ2n) is 24.0. The maximum absolute atomic E-state index is 14.0. The molecule has 0 aliphatic carbocycles. The first kappa shape index (κ1) is 67.9. The summed E-state index contributed by atoms with van der Waals surface area (Å²) >= 11 is 6.53. The van der Waals surface area contributed by atoms with Gasteiger partial charge in [0, 0.05) is 63.4 Å². The number of carbonyl (C=O) groups is 2. The Bertz CT molecular complexity index is 3200. The molecule has 2 atom stereocenters. The number of aryl methyl sites for hydroxylation is 1. The molecule has 21 nitrogen and oxygen atoms in total. The molecule has 0 radical (unpaired) electrons. The summed E-state index contributed by atoms with van der Waals surface area (Å²) in [5.74, 6) is 2.26. The molecule has 0 spiro atoms. The van der Waals surface area contributed by atoms with Crippen LogP contribution in [0.2, 0.25) is 5.02 Å².